The highest BCUT2D eigenvalue weighted by Gasteiger charge is 2.18. The van der Waals surface area contributed by atoms with Gasteiger partial charge in [-0.25, -0.2) is 4.79 Å². The number of hydrogen-bond acceptors (Lipinski definition) is 4. The van der Waals surface area contributed by atoms with Crippen molar-refractivity contribution in [3.63, 3.8) is 0 Å². The molecule has 3 rings (SSSR count). The number of amides is 2. The number of carbonyl (C=O) groups is 2. The van der Waals surface area contributed by atoms with Crippen molar-refractivity contribution in [1.82, 2.24) is 14.0 Å². The molecule has 0 fully saturated rings. The van der Waals surface area contributed by atoms with Gasteiger partial charge in [0, 0.05) is 19.3 Å². The first-order valence-electron chi connectivity index (χ1n) is 9.23. The number of aromatic nitrogens is 2. The second-order valence-corrected chi connectivity index (χ2v) is 6.60. The molecule has 8 nitrogen and oxygen atoms in total. The zero-order valence-corrected chi connectivity index (χ0v) is 16.3. The van der Waals surface area contributed by atoms with E-state index in [9.17, 15) is 19.2 Å². The minimum absolute atomic E-state index is 0.159. The van der Waals surface area contributed by atoms with Crippen LogP contribution in [0.5, 0.6) is 0 Å². The van der Waals surface area contributed by atoms with Gasteiger partial charge in [0.25, 0.3) is 5.56 Å². The predicted molar refractivity (Wildman–Crippen MR) is 111 cm³/mol. The van der Waals surface area contributed by atoms with Gasteiger partial charge in [-0.2, -0.15) is 0 Å². The number of fused-ring (bicyclic) bond motifs is 1. The molecule has 0 unspecified atom stereocenters. The minimum Gasteiger partial charge on any atom is -0.335 e. The average molecular weight is 394 g/mol. The van der Waals surface area contributed by atoms with E-state index in [1.807, 2.05) is 6.07 Å². The van der Waals surface area contributed by atoms with E-state index in [0.29, 0.717) is 16.6 Å². The van der Waals surface area contributed by atoms with E-state index in [0.717, 1.165) is 4.57 Å². The molecule has 0 saturated heterocycles. The fraction of sp³-hybridized carbons (Fsp3) is 0.238. The summed E-state index contributed by atoms with van der Waals surface area (Å²) >= 11 is 0. The highest BCUT2D eigenvalue weighted by Crippen LogP contribution is 2.08. The van der Waals surface area contributed by atoms with Crippen LogP contribution in [0.3, 0.4) is 0 Å². The highest BCUT2D eigenvalue weighted by molar-refractivity contribution is 5.94. The maximum Gasteiger partial charge on any atom is 0.331 e. The lowest BCUT2D eigenvalue weighted by Gasteiger charge is -2.19. The van der Waals surface area contributed by atoms with Crippen LogP contribution in [0.1, 0.15) is 6.92 Å². The van der Waals surface area contributed by atoms with Gasteiger partial charge in [-0.05, 0) is 31.2 Å². The Balaban J connectivity index is 1.81. The van der Waals surface area contributed by atoms with Crippen molar-refractivity contribution in [3.05, 3.63) is 75.4 Å². The van der Waals surface area contributed by atoms with E-state index in [1.165, 1.54) is 16.5 Å². The SMILES string of the molecule is CCn1c(=O)c2ccccc2n(CC(=O)N(C)CC(=O)Nc2ccccc2)c1=O. The molecule has 0 aliphatic rings. The third kappa shape index (κ3) is 4.26. The zero-order chi connectivity index (χ0) is 21.0. The molecule has 0 aliphatic heterocycles. The average Bonchev–Trinajstić information content (AvgIpc) is 2.72. The third-order valence-corrected chi connectivity index (χ3v) is 4.61. The van der Waals surface area contributed by atoms with Gasteiger partial charge in [0.2, 0.25) is 11.8 Å². The highest BCUT2D eigenvalue weighted by atomic mass is 16.2. The van der Waals surface area contributed by atoms with Crippen LogP contribution in [0.4, 0.5) is 5.69 Å². The number of benzene rings is 2. The second-order valence-electron chi connectivity index (χ2n) is 6.60. The van der Waals surface area contributed by atoms with E-state index in [2.05, 4.69) is 5.32 Å². The first-order valence-corrected chi connectivity index (χ1v) is 9.23. The summed E-state index contributed by atoms with van der Waals surface area (Å²) in [5, 5.41) is 3.08. The Morgan fingerprint density at radius 1 is 0.966 bits per heavy atom. The van der Waals surface area contributed by atoms with E-state index in [-0.39, 0.29) is 31.1 Å². The van der Waals surface area contributed by atoms with Gasteiger partial charge in [-0.3, -0.25) is 23.5 Å². The standard InChI is InChI=1S/C21H22N4O4/c1-3-24-20(28)16-11-7-8-12-17(16)25(21(24)29)14-19(27)23(2)13-18(26)22-15-9-5-4-6-10-15/h4-12H,3,13-14H2,1-2H3,(H,22,26). The maximum absolute atomic E-state index is 12.7. The summed E-state index contributed by atoms with van der Waals surface area (Å²) in [5.74, 6) is -0.760. The Hall–Kier alpha value is -3.68. The van der Waals surface area contributed by atoms with Crippen LogP contribution in [-0.4, -0.2) is 39.4 Å². The van der Waals surface area contributed by atoms with Crippen LogP contribution in [0.2, 0.25) is 0 Å². The Morgan fingerprint density at radius 3 is 2.31 bits per heavy atom. The molecule has 150 valence electrons. The molecule has 0 aliphatic carbocycles. The fourth-order valence-corrected chi connectivity index (χ4v) is 3.08. The summed E-state index contributed by atoms with van der Waals surface area (Å²) < 4.78 is 2.37. The van der Waals surface area contributed by atoms with Crippen molar-refractivity contribution < 1.29 is 9.59 Å². The molecule has 0 saturated carbocycles. The van der Waals surface area contributed by atoms with Crippen LogP contribution in [0, 0.1) is 0 Å². The number of para-hydroxylation sites is 2. The van der Waals surface area contributed by atoms with Crippen molar-refractivity contribution in [2.24, 2.45) is 0 Å². The van der Waals surface area contributed by atoms with Crippen LogP contribution in [-0.2, 0) is 22.7 Å². The van der Waals surface area contributed by atoms with E-state index >= 15 is 0 Å². The maximum atomic E-state index is 12.7. The number of nitrogens with one attached hydrogen (secondary N) is 1. The van der Waals surface area contributed by atoms with E-state index in [4.69, 9.17) is 0 Å². The smallest absolute Gasteiger partial charge is 0.331 e. The third-order valence-electron chi connectivity index (χ3n) is 4.61. The molecular formula is C21H22N4O4. The lowest BCUT2D eigenvalue weighted by molar-refractivity contribution is -0.133. The summed E-state index contributed by atoms with van der Waals surface area (Å²) in [7, 11) is 1.50. The second kappa shape index (κ2) is 8.55. The largest absolute Gasteiger partial charge is 0.335 e. The Labute approximate surface area is 167 Å². The van der Waals surface area contributed by atoms with Crippen molar-refractivity contribution in [3.8, 4) is 0 Å². The molecule has 0 radical (unpaired) electrons. The molecule has 2 aromatic carbocycles. The molecule has 1 heterocycles. The Kier molecular flexibility index (Phi) is 5.92. The topological polar surface area (TPSA) is 93.4 Å². The summed E-state index contributed by atoms with van der Waals surface area (Å²) in [6.07, 6.45) is 0. The molecule has 29 heavy (non-hydrogen) atoms. The molecular weight excluding hydrogens is 372 g/mol. The lowest BCUT2D eigenvalue weighted by atomic mass is 10.2. The molecule has 0 atom stereocenters. The number of rotatable bonds is 6. The van der Waals surface area contributed by atoms with Gasteiger partial charge in [0.1, 0.15) is 6.54 Å². The van der Waals surface area contributed by atoms with Crippen LogP contribution < -0.4 is 16.6 Å². The van der Waals surface area contributed by atoms with Crippen LogP contribution in [0.15, 0.2) is 64.2 Å². The number of anilines is 1. The van der Waals surface area contributed by atoms with E-state index < -0.39 is 11.6 Å². The predicted octanol–water partition coefficient (Wildman–Crippen LogP) is 1.28. The molecule has 1 N–H and O–H groups in total. The molecule has 8 heteroatoms. The number of likely N-dealkylation sites (N-methyl/N-ethyl adjacent to an activating group) is 1. The van der Waals surface area contributed by atoms with Gasteiger partial charge in [0.05, 0.1) is 17.4 Å². The Morgan fingerprint density at radius 2 is 1.62 bits per heavy atom. The summed E-state index contributed by atoms with van der Waals surface area (Å²) in [6, 6.07) is 15.6. The van der Waals surface area contributed by atoms with Crippen molar-refractivity contribution in [1.29, 1.82) is 0 Å². The first kappa shape index (κ1) is 20.1. The number of nitrogens with zero attached hydrogens (tertiary/aromatic N) is 3. The zero-order valence-electron chi connectivity index (χ0n) is 16.3. The van der Waals surface area contributed by atoms with E-state index in [1.54, 1.807) is 55.5 Å². The van der Waals surface area contributed by atoms with Gasteiger partial charge in [0.15, 0.2) is 0 Å². The molecule has 0 spiro atoms. The van der Waals surface area contributed by atoms with Gasteiger partial charge >= 0.3 is 5.69 Å². The monoisotopic (exact) mass is 394 g/mol. The normalized spacial score (nSPS) is 10.7. The quantitative estimate of drug-likeness (QED) is 0.682. The van der Waals surface area contributed by atoms with Crippen molar-refractivity contribution in [2.75, 3.05) is 18.9 Å². The van der Waals surface area contributed by atoms with Gasteiger partial charge < -0.3 is 10.2 Å². The molecule has 3 aromatic rings. The van der Waals surface area contributed by atoms with Crippen LogP contribution in [0.25, 0.3) is 10.9 Å². The van der Waals surface area contributed by atoms with Gasteiger partial charge in [-0.15, -0.1) is 0 Å². The first-order chi connectivity index (χ1) is 13.9. The summed E-state index contributed by atoms with van der Waals surface area (Å²) in [6.45, 7) is 1.47. The fourth-order valence-electron chi connectivity index (χ4n) is 3.08. The minimum atomic E-state index is -0.549. The lowest BCUT2D eigenvalue weighted by Crippen LogP contribution is -2.43. The van der Waals surface area contributed by atoms with Crippen LogP contribution >= 0.6 is 0 Å². The molecule has 1 aromatic heterocycles. The van der Waals surface area contributed by atoms with Crippen molar-refractivity contribution in [2.45, 2.75) is 20.0 Å². The molecule has 0 bridgehead atoms. The van der Waals surface area contributed by atoms with Crippen molar-refractivity contribution >= 4 is 28.4 Å². The summed E-state index contributed by atoms with van der Waals surface area (Å²) in [4.78, 5) is 51.3. The molecule has 2 amide bonds. The Bertz CT molecular complexity index is 1160. The summed E-state index contributed by atoms with van der Waals surface area (Å²) in [5.41, 5.74) is 0.0948. The number of carbonyl (C=O) groups excluding carboxylic acids is 2. The number of hydrogen-bond donors (Lipinski definition) is 1. The van der Waals surface area contributed by atoms with Gasteiger partial charge in [-0.1, -0.05) is 30.3 Å².